The van der Waals surface area contributed by atoms with E-state index in [0.29, 0.717) is 15.6 Å². The zero-order valence-corrected chi connectivity index (χ0v) is 14.0. The summed E-state index contributed by atoms with van der Waals surface area (Å²) < 4.78 is 0. The van der Waals surface area contributed by atoms with Crippen LogP contribution in [-0.4, -0.2) is 18.4 Å². The molecule has 22 heavy (non-hydrogen) atoms. The van der Waals surface area contributed by atoms with Crippen LogP contribution in [0.2, 0.25) is 15.1 Å². The number of hydrogen-bond donors (Lipinski definition) is 3. The molecule has 1 aromatic carbocycles. The summed E-state index contributed by atoms with van der Waals surface area (Å²) >= 11 is 19.0. The topological polar surface area (TPSA) is 70.2 Å². The lowest BCUT2D eigenvalue weighted by molar-refractivity contribution is -0.119. The number of thiophene rings is 1. The first-order valence-corrected chi connectivity index (χ1v) is 8.00. The molecule has 0 saturated heterocycles. The van der Waals surface area contributed by atoms with E-state index in [1.54, 1.807) is 17.5 Å². The molecular weight excluding hydrogens is 369 g/mol. The minimum absolute atomic E-state index is 0.188. The van der Waals surface area contributed by atoms with E-state index in [-0.39, 0.29) is 22.5 Å². The molecule has 2 aromatic rings. The molecular formula is C13H10Cl3N3O2S. The zero-order chi connectivity index (χ0) is 16.1. The number of hydrazine groups is 1. The number of rotatable bonds is 5. The number of nitrogens with one attached hydrogen (secondary N) is 3. The van der Waals surface area contributed by atoms with Crippen LogP contribution in [-0.2, 0) is 4.79 Å². The van der Waals surface area contributed by atoms with Gasteiger partial charge in [0.25, 0.3) is 11.8 Å². The third-order valence-electron chi connectivity index (χ3n) is 2.49. The highest BCUT2D eigenvalue weighted by molar-refractivity contribution is 7.12. The first kappa shape index (κ1) is 16.9. The molecule has 116 valence electrons. The summed E-state index contributed by atoms with van der Waals surface area (Å²) in [7, 11) is 0. The summed E-state index contributed by atoms with van der Waals surface area (Å²) in [6, 6.07) is 6.40. The smallest absolute Gasteiger partial charge is 0.261 e. The average Bonchev–Trinajstić information content (AvgIpc) is 2.97. The second kappa shape index (κ2) is 7.69. The van der Waals surface area contributed by atoms with Crippen molar-refractivity contribution in [1.82, 2.24) is 10.7 Å². The first-order valence-electron chi connectivity index (χ1n) is 5.98. The second-order valence-corrected chi connectivity index (χ2v) is 6.28. The van der Waals surface area contributed by atoms with Gasteiger partial charge in [0.2, 0.25) is 0 Å². The molecule has 2 amide bonds. The average molecular weight is 379 g/mol. The predicted molar refractivity (Wildman–Crippen MR) is 89.9 cm³/mol. The Hall–Kier alpha value is -1.47. The van der Waals surface area contributed by atoms with E-state index in [1.807, 2.05) is 0 Å². The van der Waals surface area contributed by atoms with Crippen LogP contribution in [0.1, 0.15) is 9.67 Å². The third kappa shape index (κ3) is 4.51. The second-order valence-electron chi connectivity index (χ2n) is 4.08. The maximum Gasteiger partial charge on any atom is 0.261 e. The number of carbonyl (C=O) groups excluding carboxylic acids is 2. The molecule has 0 bridgehead atoms. The SMILES string of the molecule is O=C(CNC(=O)c1cccs1)NNc1c(Cl)cc(Cl)cc1Cl. The van der Waals surface area contributed by atoms with Crippen LogP contribution in [0.3, 0.4) is 0 Å². The quantitative estimate of drug-likeness (QED) is 0.696. The molecule has 3 N–H and O–H groups in total. The van der Waals surface area contributed by atoms with Crippen LogP contribution in [0.4, 0.5) is 5.69 Å². The van der Waals surface area contributed by atoms with Crippen molar-refractivity contribution in [3.63, 3.8) is 0 Å². The maximum atomic E-state index is 11.7. The maximum absolute atomic E-state index is 11.7. The molecule has 0 atom stereocenters. The molecule has 0 aliphatic rings. The Morgan fingerprint density at radius 1 is 1.14 bits per heavy atom. The van der Waals surface area contributed by atoms with Gasteiger partial charge in [-0.05, 0) is 23.6 Å². The van der Waals surface area contributed by atoms with Crippen molar-refractivity contribution in [2.24, 2.45) is 0 Å². The van der Waals surface area contributed by atoms with E-state index in [2.05, 4.69) is 16.2 Å². The minimum atomic E-state index is -0.452. The Labute approximate surface area is 145 Å². The Balaban J connectivity index is 1.85. The monoisotopic (exact) mass is 377 g/mol. The van der Waals surface area contributed by atoms with Gasteiger partial charge in [0.1, 0.15) is 0 Å². The number of amides is 2. The van der Waals surface area contributed by atoms with Crippen LogP contribution in [0, 0.1) is 0 Å². The molecule has 2 rings (SSSR count). The van der Waals surface area contributed by atoms with Crippen molar-refractivity contribution in [1.29, 1.82) is 0 Å². The highest BCUT2D eigenvalue weighted by Crippen LogP contribution is 2.32. The molecule has 0 spiro atoms. The van der Waals surface area contributed by atoms with Gasteiger partial charge in [-0.2, -0.15) is 0 Å². The minimum Gasteiger partial charge on any atom is -0.342 e. The fourth-order valence-corrected chi connectivity index (χ4v) is 3.05. The largest absolute Gasteiger partial charge is 0.342 e. The number of carbonyl (C=O) groups is 2. The molecule has 1 heterocycles. The van der Waals surface area contributed by atoms with Crippen LogP contribution >= 0.6 is 46.1 Å². The number of anilines is 1. The van der Waals surface area contributed by atoms with Crippen molar-refractivity contribution in [2.75, 3.05) is 12.0 Å². The number of benzene rings is 1. The van der Waals surface area contributed by atoms with Gasteiger partial charge in [0, 0.05) is 5.02 Å². The van der Waals surface area contributed by atoms with Gasteiger partial charge in [-0.1, -0.05) is 40.9 Å². The number of halogens is 3. The molecule has 0 radical (unpaired) electrons. The van der Waals surface area contributed by atoms with E-state index in [0.717, 1.165) is 0 Å². The van der Waals surface area contributed by atoms with Gasteiger partial charge in [-0.15, -0.1) is 11.3 Å². The standard InChI is InChI=1S/C13H10Cl3N3O2S/c14-7-4-8(15)12(9(16)5-7)19-18-11(20)6-17-13(21)10-2-1-3-22-10/h1-5,19H,6H2,(H,17,21)(H,18,20). The van der Waals surface area contributed by atoms with E-state index in [1.165, 1.54) is 23.5 Å². The van der Waals surface area contributed by atoms with Gasteiger partial charge in [-0.3, -0.25) is 20.4 Å². The molecule has 0 unspecified atom stereocenters. The van der Waals surface area contributed by atoms with Crippen molar-refractivity contribution in [3.05, 3.63) is 49.6 Å². The fraction of sp³-hybridized carbons (Fsp3) is 0.0769. The zero-order valence-electron chi connectivity index (χ0n) is 11.0. The van der Waals surface area contributed by atoms with Gasteiger partial charge in [0.15, 0.2) is 0 Å². The van der Waals surface area contributed by atoms with E-state index in [4.69, 9.17) is 34.8 Å². The highest BCUT2D eigenvalue weighted by Gasteiger charge is 2.11. The highest BCUT2D eigenvalue weighted by atomic mass is 35.5. The lowest BCUT2D eigenvalue weighted by Gasteiger charge is -2.12. The first-order chi connectivity index (χ1) is 10.5. The van der Waals surface area contributed by atoms with E-state index < -0.39 is 5.91 Å². The Kier molecular flexibility index (Phi) is 5.90. The summed E-state index contributed by atoms with van der Waals surface area (Å²) in [6.45, 7) is -0.188. The molecule has 0 aliphatic carbocycles. The molecule has 9 heteroatoms. The van der Waals surface area contributed by atoms with Crippen molar-refractivity contribution in [2.45, 2.75) is 0 Å². The van der Waals surface area contributed by atoms with Crippen molar-refractivity contribution < 1.29 is 9.59 Å². The normalized spacial score (nSPS) is 10.1. The van der Waals surface area contributed by atoms with E-state index >= 15 is 0 Å². The predicted octanol–water partition coefficient (Wildman–Crippen LogP) is 3.58. The Morgan fingerprint density at radius 3 is 2.41 bits per heavy atom. The molecule has 0 fully saturated rings. The van der Waals surface area contributed by atoms with Crippen LogP contribution < -0.4 is 16.2 Å². The summed E-state index contributed by atoms with van der Waals surface area (Å²) in [6.07, 6.45) is 0. The lowest BCUT2D eigenvalue weighted by Crippen LogP contribution is -2.39. The van der Waals surface area contributed by atoms with Crippen molar-refractivity contribution >= 4 is 63.6 Å². The number of hydrogen-bond acceptors (Lipinski definition) is 4. The molecule has 0 aliphatic heterocycles. The Morgan fingerprint density at radius 2 is 1.82 bits per heavy atom. The third-order valence-corrected chi connectivity index (χ3v) is 4.17. The van der Waals surface area contributed by atoms with Crippen LogP contribution in [0.15, 0.2) is 29.6 Å². The summed E-state index contributed by atoms with van der Waals surface area (Å²) in [5.74, 6) is -0.764. The molecule has 1 aromatic heterocycles. The fourth-order valence-electron chi connectivity index (χ4n) is 1.49. The van der Waals surface area contributed by atoms with Crippen LogP contribution in [0.25, 0.3) is 0 Å². The van der Waals surface area contributed by atoms with Crippen molar-refractivity contribution in [3.8, 4) is 0 Å². The van der Waals surface area contributed by atoms with Gasteiger partial charge >= 0.3 is 0 Å². The van der Waals surface area contributed by atoms with Crippen LogP contribution in [0.5, 0.6) is 0 Å². The summed E-state index contributed by atoms with van der Waals surface area (Å²) in [5, 5.41) is 5.18. The molecule has 5 nitrogen and oxygen atoms in total. The Bertz CT molecular complexity index is 669. The lowest BCUT2D eigenvalue weighted by atomic mass is 10.3. The van der Waals surface area contributed by atoms with Gasteiger partial charge in [-0.25, -0.2) is 0 Å². The van der Waals surface area contributed by atoms with Gasteiger partial charge in [0.05, 0.1) is 27.2 Å². The summed E-state index contributed by atoms with van der Waals surface area (Å²) in [5.41, 5.74) is 5.31. The molecule has 0 saturated carbocycles. The van der Waals surface area contributed by atoms with E-state index in [9.17, 15) is 9.59 Å². The summed E-state index contributed by atoms with van der Waals surface area (Å²) in [4.78, 5) is 23.9. The van der Waals surface area contributed by atoms with Gasteiger partial charge < -0.3 is 5.32 Å².